The van der Waals surface area contributed by atoms with E-state index in [0.29, 0.717) is 13.2 Å². The summed E-state index contributed by atoms with van der Waals surface area (Å²) >= 11 is 0. The van der Waals surface area contributed by atoms with Gasteiger partial charge < -0.3 is 9.26 Å². The molecule has 1 aliphatic heterocycles. The topological polar surface area (TPSA) is 69.2 Å². The van der Waals surface area contributed by atoms with Gasteiger partial charge in [0.25, 0.3) is 0 Å². The molecular weight excluding hydrogens is 306 g/mol. The Labute approximate surface area is 139 Å². The van der Waals surface area contributed by atoms with Crippen LogP contribution in [0.15, 0.2) is 53.6 Å². The van der Waals surface area contributed by atoms with Crippen LogP contribution in [-0.2, 0) is 17.8 Å². The van der Waals surface area contributed by atoms with Gasteiger partial charge in [-0.25, -0.2) is 4.98 Å². The summed E-state index contributed by atoms with van der Waals surface area (Å²) in [4.78, 5) is 6.29. The predicted octanol–water partition coefficient (Wildman–Crippen LogP) is 1.83. The summed E-state index contributed by atoms with van der Waals surface area (Å²) < 4.78 is 13.1. The van der Waals surface area contributed by atoms with Crippen molar-refractivity contribution in [2.45, 2.75) is 19.2 Å². The molecule has 1 aromatic carbocycles. The maximum atomic E-state index is 5.82. The summed E-state index contributed by atoms with van der Waals surface area (Å²) in [5, 5.41) is 8.31. The number of ether oxygens (including phenoxy) is 1. The molecule has 4 rings (SSSR count). The molecule has 1 aliphatic rings. The number of morpholine rings is 1. The third-order valence-electron chi connectivity index (χ3n) is 4.09. The Hall–Kier alpha value is -2.51. The van der Waals surface area contributed by atoms with Crippen LogP contribution in [0.4, 0.5) is 0 Å². The minimum absolute atomic E-state index is 0.108. The van der Waals surface area contributed by atoms with Gasteiger partial charge in [0.15, 0.2) is 5.76 Å². The van der Waals surface area contributed by atoms with Gasteiger partial charge in [-0.2, -0.15) is 5.10 Å². The minimum atomic E-state index is 0.108. The van der Waals surface area contributed by atoms with Gasteiger partial charge in [0.1, 0.15) is 18.3 Å². The van der Waals surface area contributed by atoms with Crippen molar-refractivity contribution in [3.63, 3.8) is 0 Å². The molecule has 0 N–H and O–H groups in total. The van der Waals surface area contributed by atoms with Gasteiger partial charge in [-0.1, -0.05) is 35.5 Å². The minimum Gasteiger partial charge on any atom is -0.374 e. The zero-order valence-corrected chi connectivity index (χ0v) is 13.3. The van der Waals surface area contributed by atoms with E-state index in [-0.39, 0.29) is 6.10 Å². The Morgan fingerprint density at radius 1 is 1.21 bits per heavy atom. The molecule has 2 aromatic heterocycles. The first-order chi connectivity index (χ1) is 11.9. The highest BCUT2D eigenvalue weighted by Crippen LogP contribution is 2.20. The van der Waals surface area contributed by atoms with Crippen LogP contribution in [-0.4, -0.2) is 50.6 Å². The van der Waals surface area contributed by atoms with Crippen LogP contribution in [0, 0.1) is 0 Å². The van der Waals surface area contributed by atoms with Gasteiger partial charge in [0.05, 0.1) is 25.8 Å². The monoisotopic (exact) mass is 325 g/mol. The average molecular weight is 325 g/mol. The van der Waals surface area contributed by atoms with E-state index in [4.69, 9.17) is 9.26 Å². The lowest BCUT2D eigenvalue weighted by molar-refractivity contribution is -0.0422. The molecule has 0 radical (unpaired) electrons. The van der Waals surface area contributed by atoms with Crippen molar-refractivity contribution in [1.82, 2.24) is 24.8 Å². The Morgan fingerprint density at radius 2 is 2.12 bits per heavy atom. The van der Waals surface area contributed by atoms with Crippen LogP contribution in [0.5, 0.6) is 0 Å². The smallest absolute Gasteiger partial charge is 0.151 e. The van der Waals surface area contributed by atoms with Gasteiger partial charge in [0, 0.05) is 24.7 Å². The van der Waals surface area contributed by atoms with Crippen LogP contribution in [0.3, 0.4) is 0 Å². The van der Waals surface area contributed by atoms with E-state index in [9.17, 15) is 0 Å². The van der Waals surface area contributed by atoms with Crippen molar-refractivity contribution in [3.8, 4) is 11.3 Å². The normalized spacial score (nSPS) is 18.8. The van der Waals surface area contributed by atoms with Crippen molar-refractivity contribution in [2.75, 3.05) is 19.7 Å². The standard InChI is InChI=1S/C17H19N5O2/c1-2-4-14(5-3-1)17-8-15(24-20-17)9-21-6-7-23-16(10-21)11-22-13-18-12-19-22/h1-5,8,12-13,16H,6-7,9-11H2/t16-/m0/s1. The molecule has 3 heterocycles. The second-order valence-corrected chi connectivity index (χ2v) is 5.89. The molecule has 0 aliphatic carbocycles. The molecule has 1 atom stereocenters. The van der Waals surface area contributed by atoms with E-state index in [1.54, 1.807) is 17.3 Å². The fourth-order valence-electron chi connectivity index (χ4n) is 2.92. The molecule has 1 fully saturated rings. The molecular formula is C17H19N5O2. The number of nitrogens with zero attached hydrogens (tertiary/aromatic N) is 5. The molecule has 0 bridgehead atoms. The summed E-state index contributed by atoms with van der Waals surface area (Å²) in [6.45, 7) is 3.87. The molecule has 24 heavy (non-hydrogen) atoms. The van der Waals surface area contributed by atoms with Crippen molar-refractivity contribution in [3.05, 3.63) is 54.8 Å². The lowest BCUT2D eigenvalue weighted by Gasteiger charge is -2.32. The number of rotatable bonds is 5. The van der Waals surface area contributed by atoms with Gasteiger partial charge in [-0.15, -0.1) is 0 Å². The molecule has 7 heteroatoms. The first-order valence-electron chi connectivity index (χ1n) is 8.04. The van der Waals surface area contributed by atoms with E-state index in [1.165, 1.54) is 0 Å². The first kappa shape index (κ1) is 15.0. The zero-order valence-electron chi connectivity index (χ0n) is 13.3. The quantitative estimate of drug-likeness (QED) is 0.713. The number of aromatic nitrogens is 4. The van der Waals surface area contributed by atoms with Crippen molar-refractivity contribution in [2.24, 2.45) is 0 Å². The van der Waals surface area contributed by atoms with Crippen molar-refractivity contribution < 1.29 is 9.26 Å². The van der Waals surface area contributed by atoms with Crippen LogP contribution in [0.2, 0.25) is 0 Å². The summed E-state index contributed by atoms with van der Waals surface area (Å²) in [7, 11) is 0. The molecule has 0 unspecified atom stereocenters. The van der Waals surface area contributed by atoms with E-state index < -0.39 is 0 Å². The fourth-order valence-corrected chi connectivity index (χ4v) is 2.92. The molecule has 7 nitrogen and oxygen atoms in total. The van der Waals surface area contributed by atoms with Crippen LogP contribution < -0.4 is 0 Å². The Kier molecular flexibility index (Phi) is 4.35. The lowest BCUT2D eigenvalue weighted by Crippen LogP contribution is -2.43. The second kappa shape index (κ2) is 6.94. The van der Waals surface area contributed by atoms with Crippen LogP contribution in [0.1, 0.15) is 5.76 Å². The first-order valence-corrected chi connectivity index (χ1v) is 8.04. The fraction of sp³-hybridized carbons (Fsp3) is 0.353. The molecule has 0 amide bonds. The van der Waals surface area contributed by atoms with E-state index in [2.05, 4.69) is 20.1 Å². The maximum absolute atomic E-state index is 5.82. The van der Waals surface area contributed by atoms with Gasteiger partial charge in [-0.3, -0.25) is 9.58 Å². The number of hydrogen-bond donors (Lipinski definition) is 0. The Balaban J connectivity index is 1.37. The lowest BCUT2D eigenvalue weighted by atomic mass is 10.1. The van der Waals surface area contributed by atoms with Gasteiger partial charge in [-0.05, 0) is 0 Å². The van der Waals surface area contributed by atoms with Gasteiger partial charge >= 0.3 is 0 Å². The summed E-state index contributed by atoms with van der Waals surface area (Å²) in [5.74, 6) is 0.871. The summed E-state index contributed by atoms with van der Waals surface area (Å²) in [6, 6.07) is 12.1. The third-order valence-corrected chi connectivity index (χ3v) is 4.09. The van der Waals surface area contributed by atoms with Crippen molar-refractivity contribution >= 4 is 0 Å². The van der Waals surface area contributed by atoms with Crippen LogP contribution >= 0.6 is 0 Å². The predicted molar refractivity (Wildman–Crippen MR) is 87.0 cm³/mol. The molecule has 0 spiro atoms. The maximum Gasteiger partial charge on any atom is 0.151 e. The summed E-state index contributed by atoms with van der Waals surface area (Å²) in [5.41, 5.74) is 1.94. The number of hydrogen-bond acceptors (Lipinski definition) is 6. The second-order valence-electron chi connectivity index (χ2n) is 5.89. The van der Waals surface area contributed by atoms with Crippen molar-refractivity contribution in [1.29, 1.82) is 0 Å². The largest absolute Gasteiger partial charge is 0.374 e. The van der Waals surface area contributed by atoms with E-state index in [1.807, 2.05) is 36.4 Å². The van der Waals surface area contributed by atoms with E-state index >= 15 is 0 Å². The van der Waals surface area contributed by atoms with Crippen LogP contribution in [0.25, 0.3) is 11.3 Å². The highest BCUT2D eigenvalue weighted by molar-refractivity contribution is 5.58. The Bertz CT molecular complexity index is 756. The van der Waals surface area contributed by atoms with Gasteiger partial charge in [0.2, 0.25) is 0 Å². The Morgan fingerprint density at radius 3 is 2.96 bits per heavy atom. The summed E-state index contributed by atoms with van der Waals surface area (Å²) in [6.07, 6.45) is 3.36. The molecule has 3 aromatic rings. The SMILES string of the molecule is c1ccc(-c2cc(CN3CCO[C@H](Cn4cncn4)C3)on2)cc1. The number of benzene rings is 1. The van der Waals surface area contributed by atoms with E-state index in [0.717, 1.165) is 36.7 Å². The molecule has 0 saturated carbocycles. The molecule has 124 valence electrons. The third kappa shape index (κ3) is 3.52. The highest BCUT2D eigenvalue weighted by Gasteiger charge is 2.22. The zero-order chi connectivity index (χ0) is 16.2. The average Bonchev–Trinajstić information content (AvgIpc) is 3.28. The highest BCUT2D eigenvalue weighted by atomic mass is 16.5. The molecule has 1 saturated heterocycles.